The Morgan fingerprint density at radius 3 is 2.69 bits per heavy atom. The summed E-state index contributed by atoms with van der Waals surface area (Å²) in [5, 5.41) is 9.85. The molecule has 0 heterocycles. The Morgan fingerprint density at radius 1 is 1.54 bits per heavy atom. The summed E-state index contributed by atoms with van der Waals surface area (Å²) in [6.07, 6.45) is 1.34. The van der Waals surface area contributed by atoms with Crippen LogP contribution in [0.5, 0.6) is 0 Å². The quantitative estimate of drug-likeness (QED) is 0.416. The summed E-state index contributed by atoms with van der Waals surface area (Å²) in [6, 6.07) is 7.33. The Kier molecular flexibility index (Phi) is 3.03. The minimum Gasteiger partial charge on any atom is -0.257 e. The van der Waals surface area contributed by atoms with Gasteiger partial charge in [0.05, 0.1) is 4.92 Å². The highest BCUT2D eigenvalue weighted by atomic mass is 35.5. The molecule has 0 unspecified atom stereocenters. The van der Waals surface area contributed by atoms with Gasteiger partial charge in [0, 0.05) is 6.08 Å². The number of nitro groups is 1. The van der Waals surface area contributed by atoms with Crippen LogP contribution in [0, 0.1) is 17.0 Å². The molecule has 0 aliphatic heterocycles. The monoisotopic (exact) mass is 197 g/mol. The lowest BCUT2D eigenvalue weighted by molar-refractivity contribution is -0.410. The molecule has 0 spiro atoms. The van der Waals surface area contributed by atoms with Gasteiger partial charge in [-0.2, -0.15) is 0 Å². The van der Waals surface area contributed by atoms with Gasteiger partial charge in [0.2, 0.25) is 0 Å². The van der Waals surface area contributed by atoms with Gasteiger partial charge in [-0.1, -0.05) is 24.3 Å². The van der Waals surface area contributed by atoms with Gasteiger partial charge in [0.15, 0.2) is 0 Å². The first-order valence-corrected chi connectivity index (χ1v) is 4.06. The Morgan fingerprint density at radius 2 is 2.15 bits per heavy atom. The van der Waals surface area contributed by atoms with Crippen LogP contribution in [0.25, 0.3) is 6.08 Å². The summed E-state index contributed by atoms with van der Waals surface area (Å²) >= 11 is 5.38. The molecule has 1 rings (SSSR count). The van der Waals surface area contributed by atoms with E-state index in [-0.39, 0.29) is 5.16 Å². The summed E-state index contributed by atoms with van der Waals surface area (Å²) in [7, 11) is 0. The first-order valence-electron chi connectivity index (χ1n) is 3.68. The highest BCUT2D eigenvalue weighted by Gasteiger charge is 2.05. The van der Waals surface area contributed by atoms with Crippen molar-refractivity contribution in [3.05, 3.63) is 50.7 Å². The zero-order chi connectivity index (χ0) is 9.84. The molecule has 1 aromatic rings. The SMILES string of the molecule is Cc1ccccc1C=C(Cl)[N+](=O)[O-]. The molecule has 0 aromatic heterocycles. The molecule has 0 N–H and O–H groups in total. The first kappa shape index (κ1) is 9.74. The Bertz CT molecular complexity index is 360. The largest absolute Gasteiger partial charge is 0.337 e. The number of benzene rings is 1. The molecule has 0 amide bonds. The number of rotatable bonds is 2. The van der Waals surface area contributed by atoms with Crippen molar-refractivity contribution in [1.82, 2.24) is 0 Å². The van der Waals surface area contributed by atoms with Crippen molar-refractivity contribution < 1.29 is 4.92 Å². The van der Waals surface area contributed by atoms with Crippen molar-refractivity contribution in [2.75, 3.05) is 0 Å². The van der Waals surface area contributed by atoms with E-state index >= 15 is 0 Å². The van der Waals surface area contributed by atoms with Crippen LogP contribution in [-0.2, 0) is 0 Å². The van der Waals surface area contributed by atoms with Crippen LogP contribution in [0.3, 0.4) is 0 Å². The zero-order valence-electron chi connectivity index (χ0n) is 7.03. The molecule has 4 heteroatoms. The van der Waals surface area contributed by atoms with Gasteiger partial charge >= 0.3 is 5.16 Å². The maximum Gasteiger partial charge on any atom is 0.337 e. The molecule has 0 saturated heterocycles. The smallest absolute Gasteiger partial charge is 0.257 e. The van der Waals surface area contributed by atoms with Crippen LogP contribution in [0.1, 0.15) is 11.1 Å². The lowest BCUT2D eigenvalue weighted by Crippen LogP contribution is -1.91. The molecule has 0 aliphatic carbocycles. The van der Waals surface area contributed by atoms with E-state index in [0.717, 1.165) is 11.1 Å². The van der Waals surface area contributed by atoms with Crippen LogP contribution in [-0.4, -0.2) is 4.92 Å². The van der Waals surface area contributed by atoms with Crippen molar-refractivity contribution in [3.63, 3.8) is 0 Å². The molecule has 0 atom stereocenters. The number of aryl methyl sites for hydroxylation is 1. The van der Waals surface area contributed by atoms with E-state index in [4.69, 9.17) is 11.6 Å². The maximum absolute atomic E-state index is 10.2. The molecule has 0 bridgehead atoms. The van der Waals surface area contributed by atoms with Gasteiger partial charge in [-0.3, -0.25) is 10.1 Å². The van der Waals surface area contributed by atoms with Crippen molar-refractivity contribution >= 4 is 17.7 Å². The lowest BCUT2D eigenvalue weighted by Gasteiger charge is -1.96. The molecular weight excluding hydrogens is 190 g/mol. The van der Waals surface area contributed by atoms with Crippen molar-refractivity contribution in [2.24, 2.45) is 0 Å². The highest BCUT2D eigenvalue weighted by Crippen LogP contribution is 2.14. The van der Waals surface area contributed by atoms with E-state index in [2.05, 4.69) is 0 Å². The van der Waals surface area contributed by atoms with E-state index in [1.165, 1.54) is 6.08 Å². The topological polar surface area (TPSA) is 43.1 Å². The Hall–Kier alpha value is -1.35. The number of hydrogen-bond acceptors (Lipinski definition) is 2. The molecule has 13 heavy (non-hydrogen) atoms. The normalized spacial score (nSPS) is 11.4. The van der Waals surface area contributed by atoms with Crippen molar-refractivity contribution in [3.8, 4) is 0 Å². The molecule has 0 aliphatic rings. The fourth-order valence-corrected chi connectivity index (χ4v) is 1.05. The number of halogens is 1. The van der Waals surface area contributed by atoms with Crippen LogP contribution in [0.4, 0.5) is 0 Å². The van der Waals surface area contributed by atoms with E-state index in [0.29, 0.717) is 0 Å². The molecule has 0 fully saturated rings. The second-order valence-electron chi connectivity index (χ2n) is 2.58. The molecule has 1 aromatic carbocycles. The Balaban J connectivity index is 3.04. The first-order chi connectivity index (χ1) is 6.11. The van der Waals surface area contributed by atoms with Crippen LogP contribution in [0.15, 0.2) is 29.4 Å². The summed E-state index contributed by atoms with van der Waals surface area (Å²) in [6.45, 7) is 1.87. The van der Waals surface area contributed by atoms with Gasteiger partial charge in [0.1, 0.15) is 0 Å². The van der Waals surface area contributed by atoms with Gasteiger partial charge in [-0.25, -0.2) is 0 Å². The van der Waals surface area contributed by atoms with Gasteiger partial charge in [0.25, 0.3) is 0 Å². The maximum atomic E-state index is 10.2. The second-order valence-corrected chi connectivity index (χ2v) is 2.97. The van der Waals surface area contributed by atoms with Crippen LogP contribution in [0.2, 0.25) is 0 Å². The molecule has 0 saturated carbocycles. The molecule has 3 nitrogen and oxygen atoms in total. The minimum absolute atomic E-state index is 0.366. The lowest BCUT2D eigenvalue weighted by atomic mass is 10.1. The molecule has 68 valence electrons. The van der Waals surface area contributed by atoms with E-state index < -0.39 is 4.92 Å². The second kappa shape index (κ2) is 4.05. The van der Waals surface area contributed by atoms with Crippen LogP contribution < -0.4 is 0 Å². The average molecular weight is 198 g/mol. The number of hydrogen-bond donors (Lipinski definition) is 0. The fraction of sp³-hybridized carbons (Fsp3) is 0.111. The molecule has 0 radical (unpaired) electrons. The average Bonchev–Trinajstić information content (AvgIpc) is 2.08. The van der Waals surface area contributed by atoms with Gasteiger partial charge in [-0.05, 0) is 29.7 Å². The predicted molar refractivity (Wildman–Crippen MR) is 52.0 cm³/mol. The standard InChI is InChI=1S/C9H8ClNO2/c1-7-4-2-3-5-8(7)6-9(10)11(12)13/h2-6H,1H3. The third-order valence-corrected chi connectivity index (χ3v) is 1.88. The summed E-state index contributed by atoms with van der Waals surface area (Å²) in [4.78, 5) is 9.60. The Labute approximate surface area is 80.8 Å². The summed E-state index contributed by atoms with van der Waals surface area (Å²) in [5.41, 5.74) is 1.73. The summed E-state index contributed by atoms with van der Waals surface area (Å²) in [5.74, 6) is 0. The van der Waals surface area contributed by atoms with E-state index in [9.17, 15) is 10.1 Å². The summed E-state index contributed by atoms with van der Waals surface area (Å²) < 4.78 is 0. The van der Waals surface area contributed by atoms with Crippen LogP contribution >= 0.6 is 11.6 Å². The van der Waals surface area contributed by atoms with Gasteiger partial charge in [-0.15, -0.1) is 0 Å². The van der Waals surface area contributed by atoms with Gasteiger partial charge < -0.3 is 0 Å². The molecular formula is C9H8ClNO2. The number of nitrogens with zero attached hydrogens (tertiary/aromatic N) is 1. The third-order valence-electron chi connectivity index (χ3n) is 1.64. The zero-order valence-corrected chi connectivity index (χ0v) is 7.78. The van der Waals surface area contributed by atoms with E-state index in [1.807, 2.05) is 25.1 Å². The van der Waals surface area contributed by atoms with Crippen molar-refractivity contribution in [2.45, 2.75) is 6.92 Å². The minimum atomic E-state index is -0.617. The highest BCUT2D eigenvalue weighted by molar-refractivity contribution is 6.29. The van der Waals surface area contributed by atoms with E-state index in [1.54, 1.807) is 6.07 Å². The predicted octanol–water partition coefficient (Wildman–Crippen LogP) is 2.81. The third kappa shape index (κ3) is 2.56. The fourth-order valence-electron chi connectivity index (χ4n) is 0.930. The van der Waals surface area contributed by atoms with Crippen molar-refractivity contribution in [1.29, 1.82) is 0 Å².